The Morgan fingerprint density at radius 3 is 2.43 bits per heavy atom. The van der Waals surface area contributed by atoms with Crippen LogP contribution >= 0.6 is 0 Å². The first-order valence-electron chi connectivity index (χ1n) is 15.9. The maximum Gasteiger partial charge on any atom is 0.236 e. The summed E-state index contributed by atoms with van der Waals surface area (Å²) in [6, 6.07) is 12.9. The summed E-state index contributed by atoms with van der Waals surface area (Å²) in [5.74, 6) is 3.36. The molecule has 0 spiro atoms. The number of nitrogens with one attached hydrogen (secondary N) is 2. The van der Waals surface area contributed by atoms with Gasteiger partial charge in [-0.25, -0.2) is 0 Å². The zero-order valence-corrected chi connectivity index (χ0v) is 25.3. The molecule has 4 aliphatic carbocycles. The maximum atomic E-state index is 13.3. The van der Waals surface area contributed by atoms with E-state index in [0.717, 1.165) is 92.7 Å². The summed E-state index contributed by atoms with van der Waals surface area (Å²) in [4.78, 5) is 19.0. The second-order valence-corrected chi connectivity index (χ2v) is 13.7. The van der Waals surface area contributed by atoms with Crippen LogP contribution in [0.1, 0.15) is 75.3 Å². The summed E-state index contributed by atoms with van der Waals surface area (Å²) < 4.78 is 11.0. The number of carbonyl (C=O) groups is 1. The minimum atomic E-state index is -0.501. The summed E-state index contributed by atoms with van der Waals surface area (Å²) >= 11 is 0. The highest BCUT2D eigenvalue weighted by Crippen LogP contribution is 2.57. The third-order valence-electron chi connectivity index (χ3n) is 10.9. The molecule has 4 bridgehead atoms. The van der Waals surface area contributed by atoms with Crippen molar-refractivity contribution in [3.05, 3.63) is 47.5 Å². The molecule has 2 atom stereocenters. The number of hydrogen-bond donors (Lipinski definition) is 3. The molecular formula is C35H45N3O4. The van der Waals surface area contributed by atoms with E-state index in [1.165, 1.54) is 22.9 Å². The lowest BCUT2D eigenvalue weighted by atomic mass is 9.51. The van der Waals surface area contributed by atoms with E-state index in [2.05, 4.69) is 46.4 Å². The quantitative estimate of drug-likeness (QED) is 0.319. The van der Waals surface area contributed by atoms with Gasteiger partial charge in [0, 0.05) is 40.8 Å². The molecule has 1 aromatic heterocycles. The van der Waals surface area contributed by atoms with Gasteiger partial charge in [-0.15, -0.1) is 0 Å². The number of amides is 1. The van der Waals surface area contributed by atoms with Crippen LogP contribution in [0.5, 0.6) is 11.5 Å². The monoisotopic (exact) mass is 571 g/mol. The van der Waals surface area contributed by atoms with E-state index in [4.69, 9.17) is 9.47 Å². The second kappa shape index (κ2) is 10.6. The van der Waals surface area contributed by atoms with Crippen LogP contribution in [0.25, 0.3) is 22.2 Å². The van der Waals surface area contributed by atoms with Gasteiger partial charge in [0.05, 0.1) is 26.4 Å². The topological polar surface area (TPSA) is 86.8 Å². The van der Waals surface area contributed by atoms with E-state index in [-0.39, 0.29) is 11.4 Å². The molecule has 2 aromatic carbocycles. The van der Waals surface area contributed by atoms with Gasteiger partial charge in [0.2, 0.25) is 5.91 Å². The fourth-order valence-electron chi connectivity index (χ4n) is 9.38. The van der Waals surface area contributed by atoms with Gasteiger partial charge in [-0.05, 0) is 117 Å². The number of benzene rings is 2. The number of nitrogens with zero attached hydrogens (tertiary/aromatic N) is 1. The molecule has 0 radical (unpaired) electrons. The number of H-pyrrole nitrogens is 1. The summed E-state index contributed by atoms with van der Waals surface area (Å²) in [5.41, 5.74) is 5.50. The van der Waals surface area contributed by atoms with Crippen molar-refractivity contribution in [2.24, 2.45) is 11.8 Å². The smallest absolute Gasteiger partial charge is 0.236 e. The Morgan fingerprint density at radius 1 is 1.02 bits per heavy atom. The number of aromatic nitrogens is 1. The summed E-state index contributed by atoms with van der Waals surface area (Å²) in [6.45, 7) is 4.21. The Kier molecular flexibility index (Phi) is 7.01. The third-order valence-corrected chi connectivity index (χ3v) is 10.9. The first kappa shape index (κ1) is 27.8. The molecule has 2 heterocycles. The van der Waals surface area contributed by atoms with Crippen molar-refractivity contribution in [2.45, 2.75) is 81.8 Å². The highest BCUT2D eigenvalue weighted by Gasteiger charge is 2.57. The molecular weight excluding hydrogens is 526 g/mol. The fraction of sp³-hybridized carbons (Fsp3) is 0.571. The SMILES string of the molecule is CCc1c(-c2ccc(OC)c(OC)c2)[nH]c2ccc(C3CCN(C(=O)CNC45CC6CC(CC(O)(C6)C4)C5)CC3)cc12. The molecule has 5 aliphatic rings. The molecule has 7 nitrogen and oxygen atoms in total. The number of methoxy groups -OCH3 is 2. The summed E-state index contributed by atoms with van der Waals surface area (Å²) in [6.07, 6.45) is 9.14. The van der Waals surface area contributed by atoms with Gasteiger partial charge >= 0.3 is 0 Å². The van der Waals surface area contributed by atoms with Gasteiger partial charge in [0.15, 0.2) is 11.5 Å². The average molecular weight is 572 g/mol. The van der Waals surface area contributed by atoms with Crippen molar-refractivity contribution < 1.29 is 19.4 Å². The molecule has 2 unspecified atom stereocenters. The molecule has 1 amide bonds. The normalized spacial score (nSPS) is 28.9. The van der Waals surface area contributed by atoms with Crippen molar-refractivity contribution in [3.63, 3.8) is 0 Å². The van der Waals surface area contributed by atoms with E-state index < -0.39 is 5.60 Å². The van der Waals surface area contributed by atoms with Gasteiger partial charge < -0.3 is 29.8 Å². The Bertz CT molecular complexity index is 1470. The van der Waals surface area contributed by atoms with Crippen LogP contribution in [-0.4, -0.2) is 65.9 Å². The van der Waals surface area contributed by atoms with E-state index in [1.54, 1.807) is 14.2 Å². The zero-order valence-electron chi connectivity index (χ0n) is 25.3. The predicted molar refractivity (Wildman–Crippen MR) is 165 cm³/mol. The van der Waals surface area contributed by atoms with Crippen molar-refractivity contribution in [1.29, 1.82) is 0 Å². The molecule has 4 saturated carbocycles. The summed E-state index contributed by atoms with van der Waals surface area (Å²) in [7, 11) is 3.33. The van der Waals surface area contributed by atoms with Crippen molar-refractivity contribution in [2.75, 3.05) is 33.9 Å². The van der Waals surface area contributed by atoms with Crippen LogP contribution in [0.3, 0.4) is 0 Å². The molecule has 42 heavy (non-hydrogen) atoms. The lowest BCUT2D eigenvalue weighted by molar-refractivity contribution is -0.147. The number of hydrogen-bond acceptors (Lipinski definition) is 5. The zero-order chi connectivity index (χ0) is 29.1. The lowest BCUT2D eigenvalue weighted by Crippen LogP contribution is -2.65. The Labute approximate surface area is 249 Å². The van der Waals surface area contributed by atoms with E-state index >= 15 is 0 Å². The largest absolute Gasteiger partial charge is 0.493 e. The fourth-order valence-corrected chi connectivity index (χ4v) is 9.38. The van der Waals surface area contributed by atoms with Crippen LogP contribution in [-0.2, 0) is 11.2 Å². The van der Waals surface area contributed by atoms with Crippen LogP contribution in [0.2, 0.25) is 0 Å². The van der Waals surface area contributed by atoms with E-state index in [0.29, 0.717) is 24.3 Å². The number of fused-ring (bicyclic) bond motifs is 1. The van der Waals surface area contributed by atoms with Crippen LogP contribution < -0.4 is 14.8 Å². The second-order valence-electron chi connectivity index (χ2n) is 13.7. The molecule has 1 saturated heterocycles. The molecule has 1 aliphatic heterocycles. The number of rotatable bonds is 8. The maximum absolute atomic E-state index is 13.3. The average Bonchev–Trinajstić information content (AvgIpc) is 3.36. The van der Waals surface area contributed by atoms with Crippen molar-refractivity contribution in [3.8, 4) is 22.8 Å². The number of aromatic amines is 1. The molecule has 8 rings (SSSR count). The Balaban J connectivity index is 1.01. The minimum Gasteiger partial charge on any atom is -0.493 e. The van der Waals surface area contributed by atoms with Crippen LogP contribution in [0.4, 0.5) is 0 Å². The highest BCUT2D eigenvalue weighted by atomic mass is 16.5. The standard InChI is InChI=1S/C35H45N3O4/c1-4-27-28-14-25(5-7-29(28)37-33(27)26-6-8-30(41-2)31(15-26)42-3)24-9-11-38(12-10-24)32(39)20-36-34-16-22-13-23(17-34)19-35(40,18-22)21-34/h5-8,14-15,22-24,36-37,40H,4,9-13,16-21H2,1-3H3. The summed E-state index contributed by atoms with van der Waals surface area (Å²) in [5, 5.41) is 16.0. The number of likely N-dealkylation sites (tertiary alicyclic amines) is 1. The molecule has 3 N–H and O–H groups in total. The van der Waals surface area contributed by atoms with Crippen LogP contribution in [0, 0.1) is 11.8 Å². The van der Waals surface area contributed by atoms with E-state index in [9.17, 15) is 9.90 Å². The third kappa shape index (κ3) is 4.88. The van der Waals surface area contributed by atoms with Gasteiger partial charge in [-0.1, -0.05) is 13.0 Å². The molecule has 7 heteroatoms. The van der Waals surface area contributed by atoms with Crippen molar-refractivity contribution in [1.82, 2.24) is 15.2 Å². The predicted octanol–water partition coefficient (Wildman–Crippen LogP) is 5.79. The minimum absolute atomic E-state index is 0.0361. The number of piperidine rings is 1. The highest BCUT2D eigenvalue weighted by molar-refractivity contribution is 5.91. The first-order valence-corrected chi connectivity index (χ1v) is 15.9. The number of ether oxygens (including phenoxy) is 2. The lowest BCUT2D eigenvalue weighted by Gasteiger charge is -2.60. The van der Waals surface area contributed by atoms with Gasteiger partial charge in [-0.3, -0.25) is 4.79 Å². The van der Waals surface area contributed by atoms with Gasteiger partial charge in [0.25, 0.3) is 0 Å². The Morgan fingerprint density at radius 2 is 1.76 bits per heavy atom. The van der Waals surface area contributed by atoms with Gasteiger partial charge in [-0.2, -0.15) is 0 Å². The molecule has 224 valence electrons. The number of carbonyl (C=O) groups excluding carboxylic acids is 1. The van der Waals surface area contributed by atoms with Crippen molar-refractivity contribution >= 4 is 16.8 Å². The Hall–Kier alpha value is -3.03. The molecule has 3 aromatic rings. The number of aryl methyl sites for hydroxylation is 1. The van der Waals surface area contributed by atoms with Gasteiger partial charge in [0.1, 0.15) is 0 Å². The number of aliphatic hydroxyl groups is 1. The van der Waals surface area contributed by atoms with E-state index in [1.807, 2.05) is 12.1 Å². The first-order chi connectivity index (χ1) is 20.3. The molecule has 5 fully saturated rings. The van der Waals surface area contributed by atoms with Crippen LogP contribution in [0.15, 0.2) is 36.4 Å².